The van der Waals surface area contributed by atoms with Gasteiger partial charge in [0, 0.05) is 49.5 Å². The van der Waals surface area contributed by atoms with Crippen molar-refractivity contribution in [1.29, 1.82) is 0 Å². The SMILES string of the molecule is CN=C(NCCNC(=O)c1ccc(Cl)cc1)NC(C)Cc1c(C)nn(C)c1C. The lowest BCUT2D eigenvalue weighted by atomic mass is 10.1. The summed E-state index contributed by atoms with van der Waals surface area (Å²) < 4.78 is 1.91. The van der Waals surface area contributed by atoms with Gasteiger partial charge in [0.25, 0.3) is 5.91 Å². The van der Waals surface area contributed by atoms with Gasteiger partial charge in [0.05, 0.1) is 5.69 Å². The maximum atomic E-state index is 12.1. The topological polar surface area (TPSA) is 83.3 Å². The number of nitrogens with one attached hydrogen (secondary N) is 3. The van der Waals surface area contributed by atoms with Crippen LogP contribution >= 0.6 is 11.6 Å². The second-order valence-corrected chi connectivity index (χ2v) is 7.22. The number of carbonyl (C=O) groups excluding carboxylic acids is 1. The summed E-state index contributed by atoms with van der Waals surface area (Å²) in [7, 11) is 3.69. The van der Waals surface area contributed by atoms with Crippen molar-refractivity contribution in [2.75, 3.05) is 20.1 Å². The predicted octanol–water partition coefficient (Wildman–Crippen LogP) is 2.22. The van der Waals surface area contributed by atoms with Crippen molar-refractivity contribution in [3.63, 3.8) is 0 Å². The zero-order valence-electron chi connectivity index (χ0n) is 17.1. The fourth-order valence-electron chi connectivity index (χ4n) is 2.96. The number of halogens is 1. The summed E-state index contributed by atoms with van der Waals surface area (Å²) in [6.07, 6.45) is 0.861. The van der Waals surface area contributed by atoms with Crippen LogP contribution in [0.15, 0.2) is 29.3 Å². The highest BCUT2D eigenvalue weighted by Crippen LogP contribution is 2.14. The maximum absolute atomic E-state index is 12.1. The summed E-state index contributed by atoms with van der Waals surface area (Å²) in [4.78, 5) is 16.3. The second kappa shape index (κ2) is 10.1. The van der Waals surface area contributed by atoms with Gasteiger partial charge in [-0.3, -0.25) is 14.5 Å². The van der Waals surface area contributed by atoms with Gasteiger partial charge in [-0.2, -0.15) is 5.10 Å². The molecule has 8 heteroatoms. The first-order valence-electron chi connectivity index (χ1n) is 9.31. The van der Waals surface area contributed by atoms with Crippen LogP contribution in [0.3, 0.4) is 0 Å². The molecule has 1 amide bonds. The van der Waals surface area contributed by atoms with Crippen molar-refractivity contribution in [3.8, 4) is 0 Å². The largest absolute Gasteiger partial charge is 0.355 e. The number of benzene rings is 1. The average Bonchev–Trinajstić information content (AvgIpc) is 2.90. The Hall–Kier alpha value is -2.54. The quantitative estimate of drug-likeness (QED) is 0.375. The molecule has 2 rings (SSSR count). The fraction of sp³-hybridized carbons (Fsp3) is 0.450. The molecular weight excluding hydrogens is 376 g/mol. The van der Waals surface area contributed by atoms with Gasteiger partial charge in [0.2, 0.25) is 0 Å². The van der Waals surface area contributed by atoms with Crippen LogP contribution in [0.4, 0.5) is 0 Å². The minimum absolute atomic E-state index is 0.127. The molecule has 3 N–H and O–H groups in total. The Morgan fingerprint density at radius 2 is 1.86 bits per heavy atom. The Balaban J connectivity index is 1.76. The van der Waals surface area contributed by atoms with Crippen molar-refractivity contribution in [1.82, 2.24) is 25.7 Å². The molecule has 0 fully saturated rings. The number of aromatic nitrogens is 2. The molecule has 0 saturated heterocycles. The maximum Gasteiger partial charge on any atom is 0.251 e. The molecular formula is C20H29ClN6O. The number of carbonyl (C=O) groups is 1. The van der Waals surface area contributed by atoms with E-state index in [4.69, 9.17) is 11.6 Å². The molecule has 2 aromatic rings. The Morgan fingerprint density at radius 1 is 1.21 bits per heavy atom. The van der Waals surface area contributed by atoms with Crippen LogP contribution < -0.4 is 16.0 Å². The number of aryl methyl sites for hydroxylation is 2. The predicted molar refractivity (Wildman–Crippen MR) is 114 cm³/mol. The normalized spacial score (nSPS) is 12.6. The van der Waals surface area contributed by atoms with Gasteiger partial charge in [0.15, 0.2) is 5.96 Å². The van der Waals surface area contributed by atoms with E-state index in [2.05, 4.69) is 39.9 Å². The van der Waals surface area contributed by atoms with Gasteiger partial charge in [-0.15, -0.1) is 0 Å². The molecule has 0 saturated carbocycles. The molecule has 1 aromatic carbocycles. The Kier molecular flexibility index (Phi) is 7.87. The van der Waals surface area contributed by atoms with E-state index in [0.29, 0.717) is 29.6 Å². The highest BCUT2D eigenvalue weighted by molar-refractivity contribution is 6.30. The first kappa shape index (κ1) is 21.8. The molecule has 1 unspecified atom stereocenters. The number of hydrogen-bond acceptors (Lipinski definition) is 3. The van der Waals surface area contributed by atoms with Crippen molar-refractivity contribution < 1.29 is 4.79 Å². The smallest absolute Gasteiger partial charge is 0.251 e. The molecule has 7 nitrogen and oxygen atoms in total. The van der Waals surface area contributed by atoms with E-state index >= 15 is 0 Å². The van der Waals surface area contributed by atoms with E-state index in [0.717, 1.165) is 12.1 Å². The summed E-state index contributed by atoms with van der Waals surface area (Å²) >= 11 is 5.84. The standard InChI is InChI=1S/C20H29ClN6O/c1-13(12-18-14(2)26-27(5)15(18)3)25-20(22-4)24-11-10-23-19(28)16-6-8-17(21)9-7-16/h6-9,13H,10-12H2,1-5H3,(H,23,28)(H2,22,24,25). The van der Waals surface area contributed by atoms with Gasteiger partial charge in [-0.1, -0.05) is 11.6 Å². The Bertz CT molecular complexity index is 828. The van der Waals surface area contributed by atoms with Crippen molar-refractivity contribution >= 4 is 23.5 Å². The van der Waals surface area contributed by atoms with E-state index in [1.54, 1.807) is 31.3 Å². The van der Waals surface area contributed by atoms with E-state index in [1.807, 2.05) is 18.7 Å². The summed E-state index contributed by atoms with van der Waals surface area (Å²) in [5.74, 6) is 0.574. The Labute approximate surface area is 171 Å². The number of guanidine groups is 1. The second-order valence-electron chi connectivity index (χ2n) is 6.78. The molecule has 152 valence electrons. The number of nitrogens with zero attached hydrogens (tertiary/aromatic N) is 3. The average molecular weight is 405 g/mol. The van der Waals surface area contributed by atoms with Gasteiger partial charge in [0.1, 0.15) is 0 Å². The zero-order chi connectivity index (χ0) is 20.7. The van der Waals surface area contributed by atoms with E-state index in [1.165, 1.54) is 11.3 Å². The third-order valence-corrected chi connectivity index (χ3v) is 4.84. The molecule has 0 spiro atoms. The molecule has 0 aliphatic carbocycles. The third kappa shape index (κ3) is 5.99. The van der Waals surface area contributed by atoms with Gasteiger partial charge >= 0.3 is 0 Å². The van der Waals surface area contributed by atoms with Crippen molar-refractivity contribution in [3.05, 3.63) is 51.8 Å². The molecule has 0 aliphatic rings. The first-order chi connectivity index (χ1) is 13.3. The lowest BCUT2D eigenvalue weighted by molar-refractivity contribution is 0.0954. The molecule has 1 atom stereocenters. The summed E-state index contributed by atoms with van der Waals surface area (Å²) in [6.45, 7) is 7.28. The van der Waals surface area contributed by atoms with Crippen LogP contribution in [-0.2, 0) is 13.5 Å². The van der Waals surface area contributed by atoms with Crippen LogP contribution in [0.2, 0.25) is 5.02 Å². The lowest BCUT2D eigenvalue weighted by Crippen LogP contribution is -2.45. The molecule has 1 heterocycles. The highest BCUT2D eigenvalue weighted by Gasteiger charge is 2.14. The van der Waals surface area contributed by atoms with Gasteiger partial charge in [-0.25, -0.2) is 0 Å². The van der Waals surface area contributed by atoms with Crippen LogP contribution in [0.1, 0.15) is 34.2 Å². The van der Waals surface area contributed by atoms with Gasteiger partial charge in [-0.05, 0) is 57.0 Å². The molecule has 0 bridgehead atoms. The highest BCUT2D eigenvalue weighted by atomic mass is 35.5. The van der Waals surface area contributed by atoms with Crippen molar-refractivity contribution in [2.24, 2.45) is 12.0 Å². The lowest BCUT2D eigenvalue weighted by Gasteiger charge is -2.18. The summed E-state index contributed by atoms with van der Waals surface area (Å²) in [5.41, 5.74) is 4.08. The summed E-state index contributed by atoms with van der Waals surface area (Å²) in [6, 6.07) is 7.00. The first-order valence-corrected chi connectivity index (χ1v) is 9.69. The molecule has 0 radical (unpaired) electrons. The minimum Gasteiger partial charge on any atom is -0.355 e. The van der Waals surface area contributed by atoms with Gasteiger partial charge < -0.3 is 16.0 Å². The number of rotatable bonds is 7. The summed E-state index contributed by atoms with van der Waals surface area (Å²) in [5, 5.41) is 14.5. The van der Waals surface area contributed by atoms with E-state index < -0.39 is 0 Å². The van der Waals surface area contributed by atoms with E-state index in [-0.39, 0.29) is 11.9 Å². The van der Waals surface area contributed by atoms with E-state index in [9.17, 15) is 4.79 Å². The molecule has 1 aromatic heterocycles. The third-order valence-electron chi connectivity index (χ3n) is 4.59. The number of aliphatic imine (C=N–C) groups is 1. The minimum atomic E-state index is -0.127. The molecule has 28 heavy (non-hydrogen) atoms. The number of amides is 1. The fourth-order valence-corrected chi connectivity index (χ4v) is 3.08. The monoisotopic (exact) mass is 404 g/mol. The Morgan fingerprint density at radius 3 is 2.43 bits per heavy atom. The zero-order valence-corrected chi connectivity index (χ0v) is 17.9. The van der Waals surface area contributed by atoms with Crippen LogP contribution in [0.5, 0.6) is 0 Å². The number of hydrogen-bond donors (Lipinski definition) is 3. The van der Waals surface area contributed by atoms with Crippen LogP contribution in [0, 0.1) is 13.8 Å². The molecule has 0 aliphatic heterocycles. The van der Waals surface area contributed by atoms with Crippen molar-refractivity contribution in [2.45, 2.75) is 33.2 Å². The van der Waals surface area contributed by atoms with Crippen LogP contribution in [0.25, 0.3) is 0 Å². The van der Waals surface area contributed by atoms with Crippen LogP contribution in [-0.4, -0.2) is 47.8 Å².